The molecule has 1 heterocycles. The molecule has 1 amide bonds. The first-order chi connectivity index (χ1) is 9.44. The summed E-state index contributed by atoms with van der Waals surface area (Å²) in [6, 6.07) is 3.32. The molecule has 1 N–H and O–H groups in total. The second-order valence-corrected chi connectivity index (χ2v) is 4.85. The van der Waals surface area contributed by atoms with Crippen LogP contribution in [0.2, 0.25) is 0 Å². The van der Waals surface area contributed by atoms with Gasteiger partial charge in [0.05, 0.1) is 5.56 Å². The topological polar surface area (TPSA) is 57.6 Å². The molecular formula is C14H15F2NO3. The van der Waals surface area contributed by atoms with E-state index in [1.165, 1.54) is 12.1 Å². The van der Waals surface area contributed by atoms with Crippen LogP contribution in [-0.4, -0.2) is 34.0 Å². The molecule has 108 valence electrons. The molecule has 0 saturated carbocycles. The molecule has 0 radical (unpaired) electrons. The van der Waals surface area contributed by atoms with E-state index in [9.17, 15) is 23.5 Å². The van der Waals surface area contributed by atoms with E-state index in [-0.39, 0.29) is 13.0 Å². The van der Waals surface area contributed by atoms with Crippen LogP contribution in [0.1, 0.15) is 36.5 Å². The fourth-order valence-corrected chi connectivity index (χ4v) is 2.73. The highest BCUT2D eigenvalue weighted by Crippen LogP contribution is 2.34. The quantitative estimate of drug-likeness (QED) is 0.927. The van der Waals surface area contributed by atoms with Crippen molar-refractivity contribution in [3.63, 3.8) is 0 Å². The number of carbonyl (C=O) groups is 2. The minimum atomic E-state index is -1.32. The molecule has 0 bridgehead atoms. The predicted molar refractivity (Wildman–Crippen MR) is 67.3 cm³/mol. The summed E-state index contributed by atoms with van der Waals surface area (Å²) in [5.74, 6) is -4.24. The molecule has 1 unspecified atom stereocenters. The number of carboxylic acids is 1. The zero-order valence-electron chi connectivity index (χ0n) is 11.0. The van der Waals surface area contributed by atoms with Crippen LogP contribution in [0.15, 0.2) is 18.2 Å². The number of rotatable bonds is 3. The van der Waals surface area contributed by atoms with Crippen LogP contribution in [0.4, 0.5) is 8.78 Å². The monoisotopic (exact) mass is 283 g/mol. The molecule has 20 heavy (non-hydrogen) atoms. The lowest BCUT2D eigenvalue weighted by atomic mass is 9.92. The summed E-state index contributed by atoms with van der Waals surface area (Å²) in [7, 11) is 0. The Hall–Kier alpha value is -1.98. The SMILES string of the molecule is CCC1(C(=O)O)CCCN1C(=O)c1cccc(F)c1F. The van der Waals surface area contributed by atoms with Gasteiger partial charge in [-0.15, -0.1) is 0 Å². The van der Waals surface area contributed by atoms with Gasteiger partial charge in [-0.05, 0) is 31.4 Å². The lowest BCUT2D eigenvalue weighted by Gasteiger charge is -2.34. The Morgan fingerprint density at radius 2 is 2.10 bits per heavy atom. The molecule has 1 aliphatic rings. The predicted octanol–water partition coefficient (Wildman–Crippen LogP) is 2.43. The Labute approximate surface area is 115 Å². The first-order valence-corrected chi connectivity index (χ1v) is 6.43. The zero-order chi connectivity index (χ0) is 14.9. The van der Waals surface area contributed by atoms with Crippen LogP contribution in [0.3, 0.4) is 0 Å². The third kappa shape index (κ3) is 2.05. The van der Waals surface area contributed by atoms with Crippen LogP contribution in [0, 0.1) is 11.6 Å². The van der Waals surface area contributed by atoms with E-state index in [1.54, 1.807) is 6.92 Å². The van der Waals surface area contributed by atoms with Crippen LogP contribution in [0.5, 0.6) is 0 Å². The Kier molecular flexibility index (Phi) is 3.74. The molecule has 1 fully saturated rings. The van der Waals surface area contributed by atoms with Crippen LogP contribution < -0.4 is 0 Å². The van der Waals surface area contributed by atoms with Gasteiger partial charge in [-0.2, -0.15) is 0 Å². The highest BCUT2D eigenvalue weighted by atomic mass is 19.2. The molecule has 1 aromatic carbocycles. The van der Waals surface area contributed by atoms with Gasteiger partial charge in [0, 0.05) is 6.54 Å². The van der Waals surface area contributed by atoms with E-state index in [2.05, 4.69) is 0 Å². The van der Waals surface area contributed by atoms with Crippen molar-refractivity contribution in [2.45, 2.75) is 31.7 Å². The number of likely N-dealkylation sites (tertiary alicyclic amines) is 1. The van der Waals surface area contributed by atoms with Crippen LogP contribution in [-0.2, 0) is 4.79 Å². The minimum absolute atomic E-state index is 0.227. The molecule has 1 saturated heterocycles. The number of hydrogen-bond donors (Lipinski definition) is 1. The van der Waals surface area contributed by atoms with Gasteiger partial charge in [0.2, 0.25) is 0 Å². The van der Waals surface area contributed by atoms with Gasteiger partial charge in [0.25, 0.3) is 5.91 Å². The van der Waals surface area contributed by atoms with E-state index < -0.39 is 34.6 Å². The molecule has 1 atom stereocenters. The van der Waals surface area contributed by atoms with Crippen molar-refractivity contribution in [2.24, 2.45) is 0 Å². The Morgan fingerprint density at radius 3 is 2.70 bits per heavy atom. The van der Waals surface area contributed by atoms with Gasteiger partial charge in [-0.3, -0.25) is 4.79 Å². The first kappa shape index (κ1) is 14.4. The smallest absolute Gasteiger partial charge is 0.329 e. The zero-order valence-corrected chi connectivity index (χ0v) is 11.0. The molecule has 4 nitrogen and oxygen atoms in total. The van der Waals surface area contributed by atoms with Crippen molar-refractivity contribution in [3.8, 4) is 0 Å². The number of halogens is 2. The number of amides is 1. The Bertz CT molecular complexity index is 561. The van der Waals surface area contributed by atoms with Gasteiger partial charge < -0.3 is 10.0 Å². The van der Waals surface area contributed by atoms with E-state index in [0.29, 0.717) is 12.8 Å². The van der Waals surface area contributed by atoms with Crippen LogP contribution >= 0.6 is 0 Å². The summed E-state index contributed by atoms with van der Waals surface area (Å²) >= 11 is 0. The number of hydrogen-bond acceptors (Lipinski definition) is 2. The molecule has 6 heteroatoms. The number of aliphatic carboxylic acids is 1. The summed E-state index contributed by atoms with van der Waals surface area (Å²) in [4.78, 5) is 25.0. The number of nitrogens with zero attached hydrogens (tertiary/aromatic N) is 1. The molecule has 0 aromatic heterocycles. The van der Waals surface area contributed by atoms with Gasteiger partial charge in [0.15, 0.2) is 11.6 Å². The van der Waals surface area contributed by atoms with Crippen LogP contribution in [0.25, 0.3) is 0 Å². The summed E-state index contributed by atoms with van der Waals surface area (Å²) in [5, 5.41) is 9.39. The largest absolute Gasteiger partial charge is 0.479 e. The number of benzene rings is 1. The second-order valence-electron chi connectivity index (χ2n) is 4.85. The normalized spacial score (nSPS) is 22.1. The fraction of sp³-hybridized carbons (Fsp3) is 0.429. The first-order valence-electron chi connectivity index (χ1n) is 6.43. The average Bonchev–Trinajstić information content (AvgIpc) is 2.86. The van der Waals surface area contributed by atoms with E-state index in [4.69, 9.17) is 0 Å². The molecule has 1 aromatic rings. The number of carboxylic acid groups (broad SMARTS) is 1. The second kappa shape index (κ2) is 5.19. The minimum Gasteiger partial charge on any atom is -0.479 e. The molecule has 0 spiro atoms. The molecule has 1 aliphatic heterocycles. The van der Waals surface area contributed by atoms with Crippen molar-refractivity contribution in [1.82, 2.24) is 4.90 Å². The molecule has 0 aliphatic carbocycles. The summed E-state index contributed by atoms with van der Waals surface area (Å²) in [5.41, 5.74) is -1.75. The standard InChI is InChI=1S/C14H15F2NO3/c1-2-14(13(19)20)7-4-8-17(14)12(18)9-5-3-6-10(15)11(9)16/h3,5-6H,2,4,7-8H2,1H3,(H,19,20). The third-order valence-electron chi connectivity index (χ3n) is 3.90. The summed E-state index contributed by atoms with van der Waals surface area (Å²) < 4.78 is 26.9. The van der Waals surface area contributed by atoms with Gasteiger partial charge >= 0.3 is 5.97 Å². The van der Waals surface area contributed by atoms with Crippen molar-refractivity contribution in [1.29, 1.82) is 0 Å². The van der Waals surface area contributed by atoms with Crippen molar-refractivity contribution >= 4 is 11.9 Å². The van der Waals surface area contributed by atoms with E-state index in [0.717, 1.165) is 11.0 Å². The maximum Gasteiger partial charge on any atom is 0.329 e. The fourth-order valence-electron chi connectivity index (χ4n) is 2.73. The van der Waals surface area contributed by atoms with E-state index in [1.807, 2.05) is 0 Å². The highest BCUT2D eigenvalue weighted by molar-refractivity contribution is 5.98. The highest BCUT2D eigenvalue weighted by Gasteiger charge is 2.49. The van der Waals surface area contributed by atoms with Crippen molar-refractivity contribution < 1.29 is 23.5 Å². The number of carbonyl (C=O) groups excluding carboxylic acids is 1. The summed E-state index contributed by atoms with van der Waals surface area (Å²) in [6.07, 6.45) is 1.08. The average molecular weight is 283 g/mol. The Balaban J connectivity index is 2.42. The lowest BCUT2D eigenvalue weighted by molar-refractivity contribution is -0.148. The summed E-state index contributed by atoms with van der Waals surface area (Å²) in [6.45, 7) is 1.90. The maximum absolute atomic E-state index is 13.7. The molecular weight excluding hydrogens is 268 g/mol. The van der Waals surface area contributed by atoms with Crippen molar-refractivity contribution in [3.05, 3.63) is 35.4 Å². The van der Waals surface area contributed by atoms with Gasteiger partial charge in [-0.1, -0.05) is 13.0 Å². The van der Waals surface area contributed by atoms with Gasteiger partial charge in [0.1, 0.15) is 5.54 Å². The lowest BCUT2D eigenvalue weighted by Crippen LogP contribution is -2.52. The van der Waals surface area contributed by atoms with Crippen molar-refractivity contribution in [2.75, 3.05) is 6.54 Å². The third-order valence-corrected chi connectivity index (χ3v) is 3.90. The molecule has 2 rings (SSSR count). The Morgan fingerprint density at radius 1 is 1.40 bits per heavy atom. The maximum atomic E-state index is 13.7. The van der Waals surface area contributed by atoms with E-state index >= 15 is 0 Å². The van der Waals surface area contributed by atoms with Gasteiger partial charge in [-0.25, -0.2) is 13.6 Å².